The van der Waals surface area contributed by atoms with Crippen LogP contribution in [0.1, 0.15) is 51.6 Å². The normalized spacial score (nSPS) is 25.6. The molecule has 6 heteroatoms. The summed E-state index contributed by atoms with van der Waals surface area (Å²) in [6.45, 7) is 10.3. The van der Waals surface area contributed by atoms with Crippen molar-refractivity contribution in [2.75, 3.05) is 11.5 Å². The zero-order valence-electron chi connectivity index (χ0n) is 12.3. The van der Waals surface area contributed by atoms with Crippen molar-refractivity contribution in [3.05, 3.63) is 11.7 Å². The summed E-state index contributed by atoms with van der Waals surface area (Å²) in [4.78, 5) is 4.63. The summed E-state index contributed by atoms with van der Waals surface area (Å²) in [5, 5.41) is 5.05. The van der Waals surface area contributed by atoms with E-state index in [9.17, 15) is 0 Å². The van der Waals surface area contributed by atoms with Gasteiger partial charge in [-0.3, -0.25) is 0 Å². The van der Waals surface area contributed by atoms with Crippen LogP contribution in [0.4, 0.5) is 0 Å². The van der Waals surface area contributed by atoms with E-state index < -0.39 is 5.54 Å². The van der Waals surface area contributed by atoms with Crippen LogP contribution in [0.2, 0.25) is 0 Å². The fourth-order valence-corrected chi connectivity index (χ4v) is 4.48. The van der Waals surface area contributed by atoms with E-state index in [4.69, 9.17) is 10.3 Å². The first-order valence-electron chi connectivity index (χ1n) is 6.59. The van der Waals surface area contributed by atoms with Gasteiger partial charge in [0.25, 0.3) is 0 Å². The molecule has 1 aliphatic rings. The lowest BCUT2D eigenvalue weighted by Crippen LogP contribution is -2.50. The summed E-state index contributed by atoms with van der Waals surface area (Å²) in [6, 6.07) is 0. The number of thioether (sulfide) groups is 2. The molecule has 0 aromatic carbocycles. The third kappa shape index (κ3) is 2.95. The molecule has 0 radical (unpaired) electrons. The highest BCUT2D eigenvalue weighted by Gasteiger charge is 2.41. The highest BCUT2D eigenvalue weighted by molar-refractivity contribution is 8.06. The third-order valence-electron chi connectivity index (χ3n) is 4.03. The van der Waals surface area contributed by atoms with E-state index in [1.165, 1.54) is 5.75 Å². The minimum atomic E-state index is -0.406. The Labute approximate surface area is 123 Å². The Morgan fingerprint density at radius 2 is 1.84 bits per heavy atom. The van der Waals surface area contributed by atoms with Crippen LogP contribution < -0.4 is 5.73 Å². The molecule has 2 rings (SSSR count). The number of nitrogens with zero attached hydrogens (tertiary/aromatic N) is 2. The molecule has 108 valence electrons. The maximum Gasteiger partial charge on any atom is 0.234 e. The van der Waals surface area contributed by atoms with E-state index in [-0.39, 0.29) is 5.41 Å². The minimum absolute atomic E-state index is 0.327. The van der Waals surface area contributed by atoms with Gasteiger partial charge >= 0.3 is 0 Å². The highest BCUT2D eigenvalue weighted by Crippen LogP contribution is 2.42. The second-order valence-electron chi connectivity index (χ2n) is 6.17. The maximum absolute atomic E-state index is 6.22. The van der Waals surface area contributed by atoms with Gasteiger partial charge in [-0.2, -0.15) is 16.7 Å². The van der Waals surface area contributed by atoms with Gasteiger partial charge in [-0.15, -0.1) is 11.8 Å². The van der Waals surface area contributed by atoms with Crippen molar-refractivity contribution in [1.29, 1.82) is 0 Å². The lowest BCUT2D eigenvalue weighted by molar-refractivity contribution is 0.222. The van der Waals surface area contributed by atoms with Crippen LogP contribution in [-0.4, -0.2) is 32.4 Å². The van der Waals surface area contributed by atoms with Crippen LogP contribution in [0, 0.1) is 0 Å². The first-order valence-corrected chi connectivity index (χ1v) is 8.69. The van der Waals surface area contributed by atoms with E-state index in [0.29, 0.717) is 16.4 Å². The van der Waals surface area contributed by atoms with E-state index in [1.54, 1.807) is 0 Å². The molecule has 2 atom stereocenters. The van der Waals surface area contributed by atoms with Crippen LogP contribution >= 0.6 is 23.5 Å². The van der Waals surface area contributed by atoms with Crippen molar-refractivity contribution < 1.29 is 4.52 Å². The van der Waals surface area contributed by atoms with Gasteiger partial charge in [0.1, 0.15) is 0 Å². The summed E-state index contributed by atoms with van der Waals surface area (Å²) in [5.74, 6) is 3.80. The van der Waals surface area contributed by atoms with Crippen LogP contribution in [0.5, 0.6) is 0 Å². The van der Waals surface area contributed by atoms with Crippen LogP contribution in [-0.2, 0) is 5.41 Å². The van der Waals surface area contributed by atoms with Gasteiger partial charge in [0.2, 0.25) is 5.89 Å². The molecule has 1 aliphatic heterocycles. The van der Waals surface area contributed by atoms with Crippen LogP contribution in [0.3, 0.4) is 0 Å². The van der Waals surface area contributed by atoms with Gasteiger partial charge in [-0.25, -0.2) is 0 Å². The molecule has 0 saturated carbocycles. The van der Waals surface area contributed by atoms with Crippen LogP contribution in [0.25, 0.3) is 0 Å². The summed E-state index contributed by atoms with van der Waals surface area (Å²) in [6.07, 6.45) is 0. The third-order valence-corrected chi connectivity index (χ3v) is 7.12. The van der Waals surface area contributed by atoms with Gasteiger partial charge in [-0.1, -0.05) is 12.1 Å². The molecular weight excluding hydrogens is 278 g/mol. The topological polar surface area (TPSA) is 64.9 Å². The van der Waals surface area contributed by atoms with Gasteiger partial charge < -0.3 is 10.3 Å². The summed E-state index contributed by atoms with van der Waals surface area (Å²) < 4.78 is 5.49. The number of hydrogen-bond donors (Lipinski definition) is 1. The van der Waals surface area contributed by atoms with E-state index in [2.05, 4.69) is 30.9 Å². The SMILES string of the molecule is CC1SCCSC1c1noc(C(C)(C)C(C)(C)N)n1. The molecule has 19 heavy (non-hydrogen) atoms. The predicted molar refractivity (Wildman–Crippen MR) is 82.7 cm³/mol. The molecule has 4 nitrogen and oxygen atoms in total. The van der Waals surface area contributed by atoms with Gasteiger partial charge in [0.15, 0.2) is 5.82 Å². The average Bonchev–Trinajstić information content (AvgIpc) is 2.77. The van der Waals surface area contributed by atoms with Crippen molar-refractivity contribution in [2.45, 2.75) is 56.1 Å². The van der Waals surface area contributed by atoms with Crippen molar-refractivity contribution in [3.63, 3.8) is 0 Å². The summed E-state index contributed by atoms with van der Waals surface area (Å²) >= 11 is 3.89. The first kappa shape index (κ1) is 15.2. The molecule has 0 aliphatic carbocycles. The van der Waals surface area contributed by atoms with Gasteiger partial charge in [0, 0.05) is 22.3 Å². The molecule has 2 heterocycles. The molecule has 2 unspecified atom stereocenters. The Bertz CT molecular complexity index is 439. The van der Waals surface area contributed by atoms with E-state index in [1.807, 2.05) is 37.4 Å². The lowest BCUT2D eigenvalue weighted by Gasteiger charge is -2.34. The van der Waals surface area contributed by atoms with Crippen molar-refractivity contribution >= 4 is 23.5 Å². The second kappa shape index (κ2) is 5.30. The Kier molecular flexibility index (Phi) is 4.23. The molecule has 1 aromatic heterocycles. The van der Waals surface area contributed by atoms with Crippen molar-refractivity contribution in [3.8, 4) is 0 Å². The quantitative estimate of drug-likeness (QED) is 0.926. The molecule has 2 N–H and O–H groups in total. The molecular formula is C13H23N3OS2. The second-order valence-corrected chi connectivity index (χ2v) is 8.91. The fourth-order valence-electron chi connectivity index (χ4n) is 1.80. The van der Waals surface area contributed by atoms with Gasteiger partial charge in [-0.05, 0) is 27.7 Å². The minimum Gasteiger partial charge on any atom is -0.339 e. The van der Waals surface area contributed by atoms with E-state index in [0.717, 1.165) is 11.6 Å². The standard InChI is InChI=1S/C13H23N3OS2/c1-8-9(19-7-6-18-8)10-15-11(17-16-10)12(2,3)13(4,5)14/h8-9H,6-7,14H2,1-5H3. The van der Waals surface area contributed by atoms with E-state index >= 15 is 0 Å². The molecule has 0 spiro atoms. The lowest BCUT2D eigenvalue weighted by atomic mass is 9.75. The number of hydrogen-bond acceptors (Lipinski definition) is 6. The highest BCUT2D eigenvalue weighted by atomic mass is 32.2. The van der Waals surface area contributed by atoms with Crippen molar-refractivity contribution in [2.24, 2.45) is 5.73 Å². The Morgan fingerprint density at radius 1 is 1.21 bits per heavy atom. The van der Waals surface area contributed by atoms with Gasteiger partial charge in [0.05, 0.1) is 10.7 Å². The number of nitrogens with two attached hydrogens (primary N) is 1. The monoisotopic (exact) mass is 301 g/mol. The summed E-state index contributed by atoms with van der Waals surface area (Å²) in [5.41, 5.74) is 5.48. The zero-order valence-corrected chi connectivity index (χ0v) is 13.9. The Balaban J connectivity index is 2.24. The summed E-state index contributed by atoms with van der Waals surface area (Å²) in [7, 11) is 0. The Morgan fingerprint density at radius 3 is 2.42 bits per heavy atom. The largest absolute Gasteiger partial charge is 0.339 e. The number of aromatic nitrogens is 2. The van der Waals surface area contributed by atoms with Crippen molar-refractivity contribution in [1.82, 2.24) is 10.1 Å². The van der Waals surface area contributed by atoms with Crippen LogP contribution in [0.15, 0.2) is 4.52 Å². The first-order chi connectivity index (χ1) is 8.73. The number of rotatable bonds is 3. The molecule has 1 aromatic rings. The maximum atomic E-state index is 6.22. The Hall–Kier alpha value is -0.200. The molecule has 1 fully saturated rings. The molecule has 1 saturated heterocycles. The predicted octanol–water partition coefficient (Wildman–Crippen LogP) is 2.99. The fraction of sp³-hybridized carbons (Fsp3) is 0.846. The molecule has 0 amide bonds. The smallest absolute Gasteiger partial charge is 0.234 e. The zero-order chi connectivity index (χ0) is 14.3. The average molecular weight is 301 g/mol. The molecule has 0 bridgehead atoms.